The van der Waals surface area contributed by atoms with Crippen LogP contribution in [-0.4, -0.2) is 54.7 Å². The molecular formula is C17H24N2O5. The molecule has 3 rings (SSSR count). The number of aromatic nitrogens is 1. The Morgan fingerprint density at radius 2 is 2.25 bits per heavy atom. The number of carbonyl (C=O) groups is 1. The van der Waals surface area contributed by atoms with Crippen LogP contribution in [0, 0.1) is 0 Å². The fourth-order valence-electron chi connectivity index (χ4n) is 3.10. The van der Waals surface area contributed by atoms with Gasteiger partial charge in [-0.15, -0.1) is 0 Å². The van der Waals surface area contributed by atoms with Gasteiger partial charge in [-0.1, -0.05) is 0 Å². The summed E-state index contributed by atoms with van der Waals surface area (Å²) in [6.45, 7) is 6.69. The van der Waals surface area contributed by atoms with Crippen molar-refractivity contribution in [2.24, 2.45) is 0 Å². The maximum Gasteiger partial charge on any atom is 0.410 e. The van der Waals surface area contributed by atoms with Crippen LogP contribution in [0.15, 0.2) is 18.3 Å². The molecule has 0 N–H and O–H groups in total. The number of piperidine rings is 1. The summed E-state index contributed by atoms with van der Waals surface area (Å²) in [6.07, 6.45) is 1.68. The Kier molecular flexibility index (Phi) is 4.40. The molecular weight excluding hydrogens is 312 g/mol. The van der Waals surface area contributed by atoms with Crippen LogP contribution in [0.4, 0.5) is 4.79 Å². The first-order chi connectivity index (χ1) is 11.3. The van der Waals surface area contributed by atoms with Crippen LogP contribution in [0.5, 0.6) is 5.75 Å². The molecule has 2 saturated heterocycles. The number of hydrogen-bond donors (Lipinski definition) is 0. The van der Waals surface area contributed by atoms with Crippen LogP contribution in [0.2, 0.25) is 0 Å². The molecule has 7 nitrogen and oxygen atoms in total. The highest BCUT2D eigenvalue weighted by Crippen LogP contribution is 2.42. The molecule has 132 valence electrons. The highest BCUT2D eigenvalue weighted by Gasteiger charge is 2.52. The molecule has 1 aromatic rings. The van der Waals surface area contributed by atoms with Crippen molar-refractivity contribution in [1.82, 2.24) is 9.88 Å². The van der Waals surface area contributed by atoms with E-state index in [0.717, 1.165) is 11.4 Å². The number of carbonyl (C=O) groups excluding carboxylic acids is 1. The molecule has 3 heterocycles. The Hall–Kier alpha value is -1.86. The van der Waals surface area contributed by atoms with Gasteiger partial charge >= 0.3 is 6.09 Å². The Bertz CT molecular complexity index is 615. The van der Waals surface area contributed by atoms with Gasteiger partial charge in [0.05, 0.1) is 19.3 Å². The maximum absolute atomic E-state index is 12.3. The summed E-state index contributed by atoms with van der Waals surface area (Å²) in [7, 11) is 1.62. The van der Waals surface area contributed by atoms with Gasteiger partial charge in [0.1, 0.15) is 29.8 Å². The summed E-state index contributed by atoms with van der Waals surface area (Å²) in [5, 5.41) is 0. The number of fused-ring (bicyclic) bond motifs is 1. The molecule has 0 aromatic carbocycles. The minimum Gasteiger partial charge on any atom is -0.497 e. The molecule has 7 heteroatoms. The van der Waals surface area contributed by atoms with E-state index in [1.165, 1.54) is 0 Å². The van der Waals surface area contributed by atoms with Crippen LogP contribution in [-0.2, 0) is 19.8 Å². The fraction of sp³-hybridized carbons (Fsp3) is 0.647. The van der Waals surface area contributed by atoms with Crippen molar-refractivity contribution >= 4 is 6.09 Å². The summed E-state index contributed by atoms with van der Waals surface area (Å²) < 4.78 is 22.4. The van der Waals surface area contributed by atoms with Crippen LogP contribution in [0.1, 0.15) is 32.9 Å². The van der Waals surface area contributed by atoms with Crippen molar-refractivity contribution in [3.63, 3.8) is 0 Å². The predicted octanol–water partition coefficient (Wildman–Crippen LogP) is 2.30. The number of likely N-dealkylation sites (tertiary alicyclic amines) is 1. The number of ether oxygens (including phenoxy) is 4. The van der Waals surface area contributed by atoms with Gasteiger partial charge in [0.2, 0.25) is 0 Å². The average Bonchev–Trinajstić information content (AvgIpc) is 2.97. The van der Waals surface area contributed by atoms with E-state index in [0.29, 0.717) is 19.5 Å². The van der Waals surface area contributed by atoms with E-state index in [1.807, 2.05) is 26.8 Å². The first-order valence-corrected chi connectivity index (χ1v) is 8.08. The zero-order valence-corrected chi connectivity index (χ0v) is 14.6. The molecule has 0 saturated carbocycles. The van der Waals surface area contributed by atoms with Crippen LogP contribution >= 0.6 is 0 Å². The van der Waals surface area contributed by atoms with Gasteiger partial charge < -0.3 is 23.8 Å². The zero-order chi connectivity index (χ0) is 17.4. The lowest BCUT2D eigenvalue weighted by Crippen LogP contribution is -2.54. The Morgan fingerprint density at radius 3 is 2.96 bits per heavy atom. The third-order valence-electron chi connectivity index (χ3n) is 4.30. The van der Waals surface area contributed by atoms with Crippen LogP contribution < -0.4 is 4.74 Å². The van der Waals surface area contributed by atoms with Crippen molar-refractivity contribution in [3.8, 4) is 5.75 Å². The smallest absolute Gasteiger partial charge is 0.410 e. The molecule has 2 fully saturated rings. The SMILES string of the molecule is COc1ccnc(C23CCN(C(=O)OC(C)(C)C)CC2OCO3)c1. The molecule has 2 atom stereocenters. The quantitative estimate of drug-likeness (QED) is 0.825. The van der Waals surface area contributed by atoms with Gasteiger partial charge in [-0.2, -0.15) is 0 Å². The van der Waals surface area contributed by atoms with E-state index >= 15 is 0 Å². The summed E-state index contributed by atoms with van der Waals surface area (Å²) in [5.41, 5.74) is -0.395. The van der Waals surface area contributed by atoms with Gasteiger partial charge in [-0.3, -0.25) is 4.98 Å². The molecule has 0 bridgehead atoms. The number of nitrogens with zero attached hydrogens (tertiary/aromatic N) is 2. The van der Waals surface area contributed by atoms with Crippen molar-refractivity contribution in [1.29, 1.82) is 0 Å². The predicted molar refractivity (Wildman–Crippen MR) is 85.7 cm³/mol. The minimum atomic E-state index is -0.646. The van der Waals surface area contributed by atoms with Gasteiger partial charge in [0.15, 0.2) is 0 Å². The summed E-state index contributed by atoms with van der Waals surface area (Å²) >= 11 is 0. The number of rotatable bonds is 2. The lowest BCUT2D eigenvalue weighted by molar-refractivity contribution is -0.0564. The highest BCUT2D eigenvalue weighted by molar-refractivity contribution is 5.68. The second-order valence-corrected chi connectivity index (χ2v) is 7.06. The monoisotopic (exact) mass is 336 g/mol. The molecule has 2 unspecified atom stereocenters. The van der Waals surface area contributed by atoms with Gasteiger partial charge in [0, 0.05) is 25.2 Å². The number of methoxy groups -OCH3 is 1. The van der Waals surface area contributed by atoms with E-state index in [4.69, 9.17) is 18.9 Å². The minimum absolute atomic E-state index is 0.186. The molecule has 2 aliphatic heterocycles. The molecule has 0 spiro atoms. The van der Waals surface area contributed by atoms with Gasteiger partial charge in [-0.25, -0.2) is 4.79 Å². The molecule has 1 aromatic heterocycles. The molecule has 24 heavy (non-hydrogen) atoms. The van der Waals surface area contributed by atoms with E-state index in [9.17, 15) is 4.79 Å². The number of hydrogen-bond acceptors (Lipinski definition) is 6. The lowest BCUT2D eigenvalue weighted by Gasteiger charge is -2.41. The topological polar surface area (TPSA) is 70.1 Å². The van der Waals surface area contributed by atoms with Crippen LogP contribution in [0.25, 0.3) is 0 Å². The second kappa shape index (κ2) is 6.22. The Balaban J connectivity index is 1.79. The van der Waals surface area contributed by atoms with E-state index < -0.39 is 11.2 Å². The Morgan fingerprint density at radius 1 is 1.46 bits per heavy atom. The second-order valence-electron chi connectivity index (χ2n) is 7.06. The summed E-state index contributed by atoms with van der Waals surface area (Å²) in [4.78, 5) is 18.4. The summed E-state index contributed by atoms with van der Waals surface area (Å²) in [6, 6.07) is 3.66. The van der Waals surface area contributed by atoms with Crippen molar-refractivity contribution in [2.75, 3.05) is 27.0 Å². The van der Waals surface area contributed by atoms with Crippen LogP contribution in [0.3, 0.4) is 0 Å². The zero-order valence-electron chi connectivity index (χ0n) is 14.6. The first-order valence-electron chi connectivity index (χ1n) is 8.08. The normalized spacial score (nSPS) is 26.8. The standard InChI is InChI=1S/C17H24N2O5/c1-16(2,3)24-15(20)19-8-6-17(14(10-19)22-11-23-17)13-9-12(21-4)5-7-18-13/h5,7,9,14H,6,8,10-11H2,1-4H3. The van der Waals surface area contributed by atoms with E-state index in [2.05, 4.69) is 4.98 Å². The average molecular weight is 336 g/mol. The number of amides is 1. The first kappa shape index (κ1) is 17.0. The molecule has 0 radical (unpaired) electrons. The van der Waals surface area contributed by atoms with Crippen molar-refractivity contribution < 1.29 is 23.7 Å². The van der Waals surface area contributed by atoms with Gasteiger partial charge in [-0.05, 0) is 26.8 Å². The summed E-state index contributed by atoms with van der Waals surface area (Å²) in [5.74, 6) is 0.721. The number of pyridine rings is 1. The maximum atomic E-state index is 12.3. The van der Waals surface area contributed by atoms with Crippen molar-refractivity contribution in [2.45, 2.75) is 44.5 Å². The Labute approximate surface area is 141 Å². The lowest BCUT2D eigenvalue weighted by atomic mass is 9.85. The largest absolute Gasteiger partial charge is 0.497 e. The van der Waals surface area contributed by atoms with Crippen molar-refractivity contribution in [3.05, 3.63) is 24.0 Å². The molecule has 0 aliphatic carbocycles. The third-order valence-corrected chi connectivity index (χ3v) is 4.30. The molecule has 2 aliphatic rings. The third kappa shape index (κ3) is 3.18. The van der Waals surface area contributed by atoms with E-state index in [-0.39, 0.29) is 19.0 Å². The highest BCUT2D eigenvalue weighted by atomic mass is 16.7. The van der Waals surface area contributed by atoms with E-state index in [1.54, 1.807) is 24.3 Å². The van der Waals surface area contributed by atoms with Gasteiger partial charge in [0.25, 0.3) is 0 Å². The molecule has 1 amide bonds. The fourth-order valence-corrected chi connectivity index (χ4v) is 3.10.